The van der Waals surface area contributed by atoms with E-state index in [4.69, 9.17) is 0 Å². The van der Waals surface area contributed by atoms with Crippen molar-refractivity contribution in [1.82, 2.24) is 0 Å². The molecule has 4 fully saturated rings. The highest BCUT2D eigenvalue weighted by atomic mass is 16.3. The van der Waals surface area contributed by atoms with Crippen molar-refractivity contribution in [3.8, 4) is 0 Å². The molecule has 0 saturated heterocycles. The molecule has 29 heavy (non-hydrogen) atoms. The summed E-state index contributed by atoms with van der Waals surface area (Å²) in [7, 11) is 0. The summed E-state index contributed by atoms with van der Waals surface area (Å²) in [4.78, 5) is 12.6. The van der Waals surface area contributed by atoms with Crippen LogP contribution in [0.5, 0.6) is 0 Å². The van der Waals surface area contributed by atoms with Crippen LogP contribution in [-0.2, 0) is 11.2 Å². The lowest BCUT2D eigenvalue weighted by Gasteiger charge is -2.61. The summed E-state index contributed by atoms with van der Waals surface area (Å²) in [6, 6.07) is 10.6. The molecule has 0 spiro atoms. The average Bonchev–Trinajstić information content (AvgIpc) is 3.03. The van der Waals surface area contributed by atoms with Gasteiger partial charge in [-0.1, -0.05) is 44.2 Å². The SMILES string of the molecule is C[C@]12CC[C@](O)(CCc3ccccc3)CC1CCC1C2CC[C@]2(C)C(=O)CCC12. The predicted molar refractivity (Wildman–Crippen MR) is 116 cm³/mol. The molecular formula is C27H38O2. The fourth-order valence-corrected chi connectivity index (χ4v) is 8.34. The molecule has 1 aromatic carbocycles. The van der Waals surface area contributed by atoms with E-state index in [-0.39, 0.29) is 5.41 Å². The van der Waals surface area contributed by atoms with E-state index in [1.807, 2.05) is 0 Å². The highest BCUT2D eigenvalue weighted by Gasteiger charge is 2.61. The summed E-state index contributed by atoms with van der Waals surface area (Å²) in [5.74, 6) is 3.35. The topological polar surface area (TPSA) is 37.3 Å². The van der Waals surface area contributed by atoms with Gasteiger partial charge in [-0.05, 0) is 98.9 Å². The number of rotatable bonds is 3. The zero-order valence-electron chi connectivity index (χ0n) is 18.3. The monoisotopic (exact) mass is 394 g/mol. The molecule has 0 bridgehead atoms. The first-order valence-corrected chi connectivity index (χ1v) is 12.1. The number of ketones is 1. The quantitative estimate of drug-likeness (QED) is 0.686. The highest BCUT2D eigenvalue weighted by molar-refractivity contribution is 5.87. The largest absolute Gasteiger partial charge is 0.390 e. The number of benzene rings is 1. The van der Waals surface area contributed by atoms with E-state index in [1.165, 1.54) is 31.2 Å². The van der Waals surface area contributed by atoms with Gasteiger partial charge in [0.1, 0.15) is 5.78 Å². The first-order chi connectivity index (χ1) is 13.8. The Labute approximate surface area is 176 Å². The maximum absolute atomic E-state index is 12.6. The maximum Gasteiger partial charge on any atom is 0.139 e. The molecule has 2 heteroatoms. The number of aliphatic hydroxyl groups is 1. The molecule has 0 aliphatic heterocycles. The molecule has 7 atom stereocenters. The highest BCUT2D eigenvalue weighted by Crippen LogP contribution is 2.66. The number of Topliss-reactive ketones (excluding diaryl/α,β-unsaturated/α-hetero) is 1. The Morgan fingerprint density at radius 2 is 1.76 bits per heavy atom. The maximum atomic E-state index is 12.6. The predicted octanol–water partition coefficient (Wildman–Crippen LogP) is 5.96. The zero-order valence-corrected chi connectivity index (χ0v) is 18.3. The van der Waals surface area contributed by atoms with Gasteiger partial charge in [-0.2, -0.15) is 0 Å². The Bertz CT molecular complexity index is 772. The molecule has 0 radical (unpaired) electrons. The summed E-state index contributed by atoms with van der Waals surface area (Å²) < 4.78 is 0. The Hall–Kier alpha value is -1.15. The number of carbonyl (C=O) groups is 1. The summed E-state index contributed by atoms with van der Waals surface area (Å²) in [5.41, 5.74) is 1.21. The van der Waals surface area contributed by atoms with Gasteiger partial charge in [0.05, 0.1) is 5.60 Å². The van der Waals surface area contributed by atoms with Gasteiger partial charge in [-0.15, -0.1) is 0 Å². The second-order valence-corrected chi connectivity index (χ2v) is 11.5. The molecule has 0 heterocycles. The minimum Gasteiger partial charge on any atom is -0.390 e. The van der Waals surface area contributed by atoms with E-state index >= 15 is 0 Å². The Balaban J connectivity index is 1.30. The molecule has 1 aromatic rings. The van der Waals surface area contributed by atoms with Crippen LogP contribution in [0.2, 0.25) is 0 Å². The van der Waals surface area contributed by atoms with Gasteiger partial charge in [-0.3, -0.25) is 4.79 Å². The van der Waals surface area contributed by atoms with E-state index in [0.29, 0.717) is 23.0 Å². The van der Waals surface area contributed by atoms with Gasteiger partial charge in [0.2, 0.25) is 0 Å². The fraction of sp³-hybridized carbons (Fsp3) is 0.741. The number of carbonyl (C=O) groups excluding carboxylic acids is 1. The first kappa shape index (κ1) is 19.8. The number of hydrogen-bond donors (Lipinski definition) is 1. The number of fused-ring (bicyclic) bond motifs is 5. The van der Waals surface area contributed by atoms with E-state index in [2.05, 4.69) is 44.2 Å². The van der Waals surface area contributed by atoms with Crippen LogP contribution in [0.25, 0.3) is 0 Å². The van der Waals surface area contributed by atoms with Crippen molar-refractivity contribution in [3.05, 3.63) is 35.9 Å². The van der Waals surface area contributed by atoms with Crippen LogP contribution in [0.1, 0.15) is 83.6 Å². The lowest BCUT2D eigenvalue weighted by Crippen LogP contribution is -2.56. The molecule has 4 saturated carbocycles. The third-order valence-electron chi connectivity index (χ3n) is 10.3. The smallest absolute Gasteiger partial charge is 0.139 e. The minimum absolute atomic E-state index is 0.0184. The van der Waals surface area contributed by atoms with Gasteiger partial charge in [0, 0.05) is 11.8 Å². The Morgan fingerprint density at radius 1 is 0.966 bits per heavy atom. The molecule has 0 aromatic heterocycles. The third-order valence-corrected chi connectivity index (χ3v) is 10.3. The van der Waals surface area contributed by atoms with Gasteiger partial charge in [0.25, 0.3) is 0 Å². The van der Waals surface area contributed by atoms with Crippen LogP contribution in [0.4, 0.5) is 0 Å². The second kappa shape index (κ2) is 6.94. The van der Waals surface area contributed by atoms with Crippen LogP contribution in [0.3, 0.4) is 0 Å². The van der Waals surface area contributed by atoms with Crippen molar-refractivity contribution in [2.45, 2.75) is 90.1 Å². The molecule has 5 rings (SSSR count). The van der Waals surface area contributed by atoms with E-state index in [1.54, 1.807) is 0 Å². The summed E-state index contributed by atoms with van der Waals surface area (Å²) in [6.45, 7) is 4.82. The van der Waals surface area contributed by atoms with Crippen molar-refractivity contribution >= 4 is 5.78 Å². The molecule has 158 valence electrons. The van der Waals surface area contributed by atoms with Crippen LogP contribution in [0, 0.1) is 34.5 Å². The molecule has 2 nitrogen and oxygen atoms in total. The summed E-state index contributed by atoms with van der Waals surface area (Å²) in [5, 5.41) is 11.5. The van der Waals surface area contributed by atoms with Crippen molar-refractivity contribution in [2.75, 3.05) is 0 Å². The second-order valence-electron chi connectivity index (χ2n) is 11.5. The molecular weight excluding hydrogens is 356 g/mol. The van der Waals surface area contributed by atoms with E-state index in [0.717, 1.165) is 56.8 Å². The lowest BCUT2D eigenvalue weighted by molar-refractivity contribution is -0.154. The normalized spacial score (nSPS) is 46.7. The summed E-state index contributed by atoms with van der Waals surface area (Å²) >= 11 is 0. The molecule has 4 aliphatic carbocycles. The third kappa shape index (κ3) is 3.12. The van der Waals surface area contributed by atoms with Gasteiger partial charge in [0.15, 0.2) is 0 Å². The van der Waals surface area contributed by atoms with Crippen LogP contribution in [-0.4, -0.2) is 16.5 Å². The molecule has 4 aliphatic rings. The van der Waals surface area contributed by atoms with Crippen molar-refractivity contribution < 1.29 is 9.90 Å². The van der Waals surface area contributed by atoms with E-state index in [9.17, 15) is 9.90 Å². The van der Waals surface area contributed by atoms with Crippen LogP contribution < -0.4 is 0 Å². The van der Waals surface area contributed by atoms with Crippen LogP contribution in [0.15, 0.2) is 30.3 Å². The lowest BCUT2D eigenvalue weighted by atomic mass is 9.44. The summed E-state index contributed by atoms with van der Waals surface area (Å²) in [6.07, 6.45) is 11.8. The average molecular weight is 395 g/mol. The Morgan fingerprint density at radius 3 is 2.55 bits per heavy atom. The fourth-order valence-electron chi connectivity index (χ4n) is 8.34. The van der Waals surface area contributed by atoms with Crippen LogP contribution >= 0.6 is 0 Å². The van der Waals surface area contributed by atoms with Gasteiger partial charge < -0.3 is 5.11 Å². The standard InChI is InChI=1S/C27H38O2/c1-25-16-17-27(29,15-12-19-6-4-3-5-7-19)18-20(25)8-9-21-22-10-11-24(28)26(22,2)14-13-23(21)25/h3-7,20-23,29H,8-18H2,1-2H3/t20?,21?,22?,23?,25-,26-,27+/m0/s1. The Kier molecular flexibility index (Phi) is 4.74. The minimum atomic E-state index is -0.487. The zero-order chi connectivity index (χ0) is 20.3. The number of hydrogen-bond acceptors (Lipinski definition) is 2. The van der Waals surface area contributed by atoms with Crippen molar-refractivity contribution in [3.63, 3.8) is 0 Å². The molecule has 1 N–H and O–H groups in total. The molecule has 0 amide bonds. The van der Waals surface area contributed by atoms with E-state index < -0.39 is 5.60 Å². The number of aryl methyl sites for hydroxylation is 1. The van der Waals surface area contributed by atoms with Gasteiger partial charge >= 0.3 is 0 Å². The molecule has 4 unspecified atom stereocenters. The van der Waals surface area contributed by atoms with Crippen molar-refractivity contribution in [1.29, 1.82) is 0 Å². The first-order valence-electron chi connectivity index (χ1n) is 12.1. The van der Waals surface area contributed by atoms with Gasteiger partial charge in [-0.25, -0.2) is 0 Å². The van der Waals surface area contributed by atoms with Crippen molar-refractivity contribution in [2.24, 2.45) is 34.5 Å².